The first kappa shape index (κ1) is 20.9. The van der Waals surface area contributed by atoms with Crippen LogP contribution in [0.1, 0.15) is 15.9 Å². The van der Waals surface area contributed by atoms with Gasteiger partial charge in [-0.15, -0.1) is 11.3 Å². The summed E-state index contributed by atoms with van der Waals surface area (Å²) in [6.45, 7) is 1.64. The minimum absolute atomic E-state index is 0.00249. The number of nitrogens with one attached hydrogen (secondary N) is 1. The number of hydrogen-bond acceptors (Lipinski definition) is 7. The number of benzene rings is 2. The van der Waals surface area contributed by atoms with Gasteiger partial charge in [0.25, 0.3) is 11.6 Å². The van der Waals surface area contributed by atoms with Crippen LogP contribution in [0.2, 0.25) is 5.02 Å². The summed E-state index contributed by atoms with van der Waals surface area (Å²) >= 11 is 7.16. The monoisotopic (exact) mass is 451 g/mol. The first-order chi connectivity index (χ1) is 13.6. The second-order valence-corrected chi connectivity index (χ2v) is 9.45. The standard InChI is InChI=1S/C18H14ClN3O5S2/c1-10-3-4-11(7-16(10)22(24)25)15-9-28-18(20-15)21-17(23)13-8-12(29(2,26)27)5-6-14(13)19/h3-9H,1-2H3,(H,20,21,23). The topological polar surface area (TPSA) is 119 Å². The summed E-state index contributed by atoms with van der Waals surface area (Å²) < 4.78 is 23.4. The molecule has 0 bridgehead atoms. The molecule has 8 nitrogen and oxygen atoms in total. The molecule has 0 aliphatic heterocycles. The lowest BCUT2D eigenvalue weighted by Crippen LogP contribution is -2.13. The lowest BCUT2D eigenvalue weighted by atomic mass is 10.1. The predicted octanol–water partition coefficient (Wildman–Crippen LogP) is 4.34. The maximum Gasteiger partial charge on any atom is 0.272 e. The Morgan fingerprint density at radius 1 is 1.24 bits per heavy atom. The molecule has 1 aromatic heterocycles. The first-order valence-corrected chi connectivity index (χ1v) is 11.2. The normalized spacial score (nSPS) is 11.3. The Balaban J connectivity index is 1.87. The highest BCUT2D eigenvalue weighted by Crippen LogP contribution is 2.30. The number of nitro benzene ring substituents is 1. The van der Waals surface area contributed by atoms with Crippen molar-refractivity contribution in [1.82, 2.24) is 4.98 Å². The van der Waals surface area contributed by atoms with Gasteiger partial charge in [0.05, 0.1) is 26.1 Å². The Morgan fingerprint density at radius 3 is 2.62 bits per heavy atom. The van der Waals surface area contributed by atoms with Crippen molar-refractivity contribution in [1.29, 1.82) is 0 Å². The lowest BCUT2D eigenvalue weighted by molar-refractivity contribution is -0.385. The third kappa shape index (κ3) is 4.61. The number of anilines is 1. The van der Waals surface area contributed by atoms with Gasteiger partial charge in [0, 0.05) is 28.8 Å². The van der Waals surface area contributed by atoms with Gasteiger partial charge in [-0.2, -0.15) is 0 Å². The van der Waals surface area contributed by atoms with E-state index in [1.54, 1.807) is 24.4 Å². The maximum absolute atomic E-state index is 12.5. The number of nitro groups is 1. The van der Waals surface area contributed by atoms with E-state index in [2.05, 4.69) is 10.3 Å². The van der Waals surface area contributed by atoms with Gasteiger partial charge in [-0.1, -0.05) is 23.7 Å². The Morgan fingerprint density at radius 2 is 1.97 bits per heavy atom. The second-order valence-electron chi connectivity index (χ2n) is 6.16. The van der Waals surface area contributed by atoms with Gasteiger partial charge in [-0.25, -0.2) is 13.4 Å². The number of amides is 1. The van der Waals surface area contributed by atoms with Gasteiger partial charge >= 0.3 is 0 Å². The van der Waals surface area contributed by atoms with Crippen LogP contribution in [0.25, 0.3) is 11.3 Å². The van der Waals surface area contributed by atoms with Crippen molar-refractivity contribution in [3.05, 3.63) is 68.0 Å². The summed E-state index contributed by atoms with van der Waals surface area (Å²) in [5.74, 6) is -0.615. The van der Waals surface area contributed by atoms with Crippen LogP contribution < -0.4 is 5.32 Å². The number of sulfone groups is 1. The number of hydrogen-bond donors (Lipinski definition) is 1. The van der Waals surface area contributed by atoms with E-state index < -0.39 is 20.7 Å². The van der Waals surface area contributed by atoms with E-state index in [1.165, 1.54) is 24.3 Å². The third-order valence-corrected chi connectivity index (χ3v) is 6.23. The first-order valence-electron chi connectivity index (χ1n) is 8.08. The van der Waals surface area contributed by atoms with E-state index in [1.807, 2.05) is 0 Å². The minimum Gasteiger partial charge on any atom is -0.298 e. The number of nitrogens with zero attached hydrogens (tertiary/aromatic N) is 2. The fourth-order valence-electron chi connectivity index (χ4n) is 2.50. The lowest BCUT2D eigenvalue weighted by Gasteiger charge is -2.06. The SMILES string of the molecule is Cc1ccc(-c2csc(NC(=O)c3cc(S(C)(=O)=O)ccc3Cl)n2)cc1[N+](=O)[O-]. The molecule has 1 amide bonds. The van der Waals surface area contributed by atoms with Crippen LogP contribution in [0.3, 0.4) is 0 Å². The number of aryl methyl sites for hydroxylation is 1. The average molecular weight is 452 g/mol. The van der Waals surface area contributed by atoms with Crippen LogP contribution in [0, 0.1) is 17.0 Å². The summed E-state index contributed by atoms with van der Waals surface area (Å²) in [6, 6.07) is 8.61. The third-order valence-electron chi connectivity index (χ3n) is 4.04. The van der Waals surface area contributed by atoms with Crippen molar-refractivity contribution in [3.63, 3.8) is 0 Å². The maximum atomic E-state index is 12.5. The Labute approximate surface area is 175 Å². The molecule has 0 atom stereocenters. The fourth-order valence-corrected chi connectivity index (χ4v) is 4.07. The number of rotatable bonds is 5. The van der Waals surface area contributed by atoms with E-state index >= 15 is 0 Å². The molecule has 1 heterocycles. The molecule has 150 valence electrons. The van der Waals surface area contributed by atoms with Crippen molar-refractivity contribution in [3.8, 4) is 11.3 Å². The summed E-state index contributed by atoms with van der Waals surface area (Å²) in [5.41, 5.74) is 1.51. The van der Waals surface area contributed by atoms with Crippen molar-refractivity contribution in [2.75, 3.05) is 11.6 Å². The summed E-state index contributed by atoms with van der Waals surface area (Å²) in [5, 5.41) is 15.7. The molecule has 2 aromatic carbocycles. The van der Waals surface area contributed by atoms with Gasteiger partial charge < -0.3 is 0 Å². The van der Waals surface area contributed by atoms with Crippen molar-refractivity contribution >= 4 is 49.5 Å². The zero-order chi connectivity index (χ0) is 21.3. The molecule has 0 aliphatic carbocycles. The average Bonchev–Trinajstić information content (AvgIpc) is 3.09. The highest BCUT2D eigenvalue weighted by Gasteiger charge is 2.18. The van der Waals surface area contributed by atoms with Crippen molar-refractivity contribution in [2.45, 2.75) is 11.8 Å². The molecule has 0 radical (unpaired) electrons. The molecule has 1 N–H and O–H groups in total. The van der Waals surface area contributed by atoms with Crippen LogP contribution in [0.5, 0.6) is 0 Å². The molecule has 0 saturated carbocycles. The largest absolute Gasteiger partial charge is 0.298 e. The quantitative estimate of drug-likeness (QED) is 0.455. The Kier molecular flexibility index (Phi) is 5.69. The molecular weight excluding hydrogens is 438 g/mol. The molecule has 29 heavy (non-hydrogen) atoms. The van der Waals surface area contributed by atoms with Gasteiger partial charge in [-0.05, 0) is 25.1 Å². The van der Waals surface area contributed by atoms with Crippen LogP contribution >= 0.6 is 22.9 Å². The van der Waals surface area contributed by atoms with Gasteiger partial charge in [-0.3, -0.25) is 20.2 Å². The Hall–Kier alpha value is -2.82. The summed E-state index contributed by atoms with van der Waals surface area (Å²) in [6.07, 6.45) is 1.03. The zero-order valence-corrected chi connectivity index (χ0v) is 17.6. The van der Waals surface area contributed by atoms with E-state index in [0.717, 1.165) is 17.6 Å². The second kappa shape index (κ2) is 7.90. The molecule has 3 rings (SSSR count). The number of aromatic nitrogens is 1. The minimum atomic E-state index is -3.50. The number of carbonyl (C=O) groups excluding carboxylic acids is 1. The summed E-state index contributed by atoms with van der Waals surface area (Å²) in [7, 11) is -3.50. The van der Waals surface area contributed by atoms with Crippen LogP contribution in [-0.4, -0.2) is 30.5 Å². The highest BCUT2D eigenvalue weighted by molar-refractivity contribution is 7.90. The number of thiazole rings is 1. The zero-order valence-electron chi connectivity index (χ0n) is 15.2. The van der Waals surface area contributed by atoms with Crippen LogP contribution in [0.15, 0.2) is 46.7 Å². The highest BCUT2D eigenvalue weighted by atomic mass is 35.5. The van der Waals surface area contributed by atoms with Gasteiger partial charge in [0.1, 0.15) is 0 Å². The molecule has 11 heteroatoms. The number of halogens is 1. The number of carbonyl (C=O) groups is 1. The van der Waals surface area contributed by atoms with Crippen LogP contribution in [0.4, 0.5) is 10.8 Å². The molecule has 0 unspecified atom stereocenters. The predicted molar refractivity (Wildman–Crippen MR) is 111 cm³/mol. The fraction of sp³-hybridized carbons (Fsp3) is 0.111. The summed E-state index contributed by atoms with van der Waals surface area (Å²) in [4.78, 5) is 27.4. The van der Waals surface area contributed by atoms with E-state index in [0.29, 0.717) is 16.8 Å². The molecule has 3 aromatic rings. The van der Waals surface area contributed by atoms with Crippen LogP contribution in [-0.2, 0) is 9.84 Å². The smallest absolute Gasteiger partial charge is 0.272 e. The van der Waals surface area contributed by atoms with E-state index in [-0.39, 0.29) is 26.3 Å². The van der Waals surface area contributed by atoms with Crippen molar-refractivity contribution in [2.24, 2.45) is 0 Å². The van der Waals surface area contributed by atoms with E-state index in [9.17, 15) is 23.3 Å². The van der Waals surface area contributed by atoms with Gasteiger partial charge in [0.2, 0.25) is 0 Å². The van der Waals surface area contributed by atoms with Gasteiger partial charge in [0.15, 0.2) is 15.0 Å². The molecule has 0 aliphatic rings. The Bertz CT molecular complexity index is 1240. The molecule has 0 fully saturated rings. The van der Waals surface area contributed by atoms with E-state index in [4.69, 9.17) is 11.6 Å². The molecular formula is C18H14ClN3O5S2. The molecule has 0 saturated heterocycles. The molecule has 0 spiro atoms. The van der Waals surface area contributed by atoms with Crippen molar-refractivity contribution < 1.29 is 18.1 Å².